The van der Waals surface area contributed by atoms with E-state index in [1.54, 1.807) is 19.4 Å². The summed E-state index contributed by atoms with van der Waals surface area (Å²) in [4.78, 5) is 32.9. The van der Waals surface area contributed by atoms with E-state index < -0.39 is 5.41 Å². The number of pyridine rings is 1. The molecule has 1 aromatic carbocycles. The molecule has 1 aromatic heterocycles. The van der Waals surface area contributed by atoms with Gasteiger partial charge in [0.2, 0.25) is 5.91 Å². The van der Waals surface area contributed by atoms with Crippen LogP contribution in [0, 0.1) is 5.41 Å². The molecule has 2 saturated heterocycles. The van der Waals surface area contributed by atoms with Crippen molar-refractivity contribution in [1.82, 2.24) is 15.2 Å². The maximum Gasteiger partial charge on any atom is 0.254 e. The smallest absolute Gasteiger partial charge is 0.254 e. The van der Waals surface area contributed by atoms with Gasteiger partial charge in [-0.15, -0.1) is 0 Å². The minimum absolute atomic E-state index is 0.00184. The first-order chi connectivity index (χ1) is 14.6. The maximum absolute atomic E-state index is 13.3. The van der Waals surface area contributed by atoms with E-state index in [2.05, 4.69) is 17.2 Å². The van der Waals surface area contributed by atoms with Crippen LogP contribution in [0.3, 0.4) is 0 Å². The zero-order valence-electron chi connectivity index (χ0n) is 17.6. The predicted octanol–water partition coefficient (Wildman–Crippen LogP) is 3.22. The summed E-state index contributed by atoms with van der Waals surface area (Å²) < 4.78 is 5.28. The van der Waals surface area contributed by atoms with Gasteiger partial charge in [-0.3, -0.25) is 14.6 Å². The van der Waals surface area contributed by atoms with Crippen molar-refractivity contribution in [3.8, 4) is 5.75 Å². The van der Waals surface area contributed by atoms with Crippen LogP contribution in [0.5, 0.6) is 5.75 Å². The summed E-state index contributed by atoms with van der Waals surface area (Å²) in [7, 11) is 1.60. The average Bonchev–Trinajstić information content (AvgIpc) is 3.35. The number of nitrogens with zero attached hydrogens (tertiary/aromatic N) is 2. The molecule has 4 rings (SSSR count). The lowest BCUT2D eigenvalue weighted by atomic mass is 9.71. The number of rotatable bonds is 7. The Kier molecular flexibility index (Phi) is 5.75. The van der Waals surface area contributed by atoms with Crippen LogP contribution >= 0.6 is 0 Å². The fraction of sp³-hybridized carbons (Fsp3) is 0.458. The summed E-state index contributed by atoms with van der Waals surface area (Å²) in [5.74, 6) is 0.732. The summed E-state index contributed by atoms with van der Waals surface area (Å²) in [6, 6.07) is 13.1. The van der Waals surface area contributed by atoms with Crippen LogP contribution < -0.4 is 10.1 Å². The second-order valence-electron chi connectivity index (χ2n) is 8.23. The first kappa shape index (κ1) is 20.4. The van der Waals surface area contributed by atoms with Crippen molar-refractivity contribution in [2.24, 2.45) is 5.41 Å². The molecule has 3 atom stereocenters. The number of carbonyl (C=O) groups excluding carboxylic acids is 2. The van der Waals surface area contributed by atoms with Crippen LogP contribution in [0.15, 0.2) is 48.7 Å². The standard InChI is InChI=1S/C24H29N3O3/c1-3-24(23(29)26-14-12-18-8-4-5-13-25-18)16-19-10-11-21(24)27(19)22(28)17-7-6-9-20(15-17)30-2/h4-9,13,15,19,21H,3,10-12,14,16H2,1-2H3,(H,26,29)/t19-,21+,24+/m0/s1. The zero-order valence-corrected chi connectivity index (χ0v) is 17.6. The minimum Gasteiger partial charge on any atom is -0.497 e. The van der Waals surface area contributed by atoms with Crippen molar-refractivity contribution >= 4 is 11.8 Å². The molecule has 3 heterocycles. The highest BCUT2D eigenvalue weighted by Crippen LogP contribution is 2.52. The van der Waals surface area contributed by atoms with E-state index in [1.165, 1.54) is 0 Å². The van der Waals surface area contributed by atoms with E-state index in [0.29, 0.717) is 24.3 Å². The fourth-order valence-electron chi connectivity index (χ4n) is 5.21. The topological polar surface area (TPSA) is 71.5 Å². The molecule has 0 unspecified atom stereocenters. The van der Waals surface area contributed by atoms with Crippen molar-refractivity contribution in [3.63, 3.8) is 0 Å². The number of ether oxygens (including phenoxy) is 1. The molecule has 0 radical (unpaired) electrons. The lowest BCUT2D eigenvalue weighted by Gasteiger charge is -2.35. The van der Waals surface area contributed by atoms with Crippen LogP contribution in [0.4, 0.5) is 0 Å². The van der Waals surface area contributed by atoms with Crippen LogP contribution in [-0.2, 0) is 11.2 Å². The van der Waals surface area contributed by atoms with Crippen LogP contribution in [0.25, 0.3) is 0 Å². The zero-order chi connectivity index (χ0) is 21.1. The highest BCUT2D eigenvalue weighted by atomic mass is 16.5. The Morgan fingerprint density at radius 1 is 1.23 bits per heavy atom. The predicted molar refractivity (Wildman–Crippen MR) is 114 cm³/mol. The Labute approximate surface area is 177 Å². The SMILES string of the molecule is CC[C@@]1(C(=O)NCCc2ccccn2)C[C@@H]2CC[C@H]1N2C(=O)c1cccc(OC)c1. The fourth-order valence-corrected chi connectivity index (χ4v) is 5.21. The molecule has 6 nitrogen and oxygen atoms in total. The average molecular weight is 408 g/mol. The summed E-state index contributed by atoms with van der Waals surface area (Å²) >= 11 is 0. The Morgan fingerprint density at radius 2 is 2.10 bits per heavy atom. The number of methoxy groups -OCH3 is 1. The molecule has 1 N–H and O–H groups in total. The second-order valence-corrected chi connectivity index (χ2v) is 8.23. The molecule has 0 aliphatic carbocycles. The van der Waals surface area contributed by atoms with Crippen LogP contribution in [-0.4, -0.2) is 47.4 Å². The molecule has 2 bridgehead atoms. The number of benzene rings is 1. The highest BCUT2D eigenvalue weighted by molar-refractivity contribution is 5.97. The molecule has 0 spiro atoms. The van der Waals surface area contributed by atoms with Gasteiger partial charge < -0.3 is 15.0 Å². The number of amides is 2. The van der Waals surface area contributed by atoms with Gasteiger partial charge in [0, 0.05) is 42.5 Å². The van der Waals surface area contributed by atoms with Crippen LogP contribution in [0.2, 0.25) is 0 Å². The van der Waals surface area contributed by atoms with Crippen molar-refractivity contribution in [2.45, 2.75) is 51.1 Å². The van der Waals surface area contributed by atoms with Gasteiger partial charge in [-0.25, -0.2) is 0 Å². The summed E-state index contributed by atoms with van der Waals surface area (Å²) in [6.07, 6.45) is 5.77. The minimum atomic E-state index is -0.512. The van der Waals surface area contributed by atoms with Crippen molar-refractivity contribution in [2.75, 3.05) is 13.7 Å². The van der Waals surface area contributed by atoms with Gasteiger partial charge in [-0.1, -0.05) is 19.1 Å². The third kappa shape index (κ3) is 3.55. The molecule has 2 aliphatic rings. The van der Waals surface area contributed by atoms with Gasteiger partial charge in [0.25, 0.3) is 5.91 Å². The summed E-state index contributed by atoms with van der Waals surface area (Å²) in [6.45, 7) is 2.62. The number of aromatic nitrogens is 1. The number of hydrogen-bond donors (Lipinski definition) is 1. The quantitative estimate of drug-likeness (QED) is 0.765. The van der Waals surface area contributed by atoms with E-state index in [4.69, 9.17) is 4.74 Å². The Balaban J connectivity index is 1.48. The summed E-state index contributed by atoms with van der Waals surface area (Å²) in [5, 5.41) is 3.13. The number of nitrogens with one attached hydrogen (secondary N) is 1. The number of hydrogen-bond acceptors (Lipinski definition) is 4. The first-order valence-electron chi connectivity index (χ1n) is 10.7. The van der Waals surface area contributed by atoms with E-state index in [-0.39, 0.29) is 23.9 Å². The van der Waals surface area contributed by atoms with E-state index in [1.807, 2.05) is 41.3 Å². The molecule has 0 saturated carbocycles. The third-order valence-corrected chi connectivity index (χ3v) is 6.77. The lowest BCUT2D eigenvalue weighted by Crippen LogP contribution is -2.50. The second kappa shape index (κ2) is 8.46. The van der Waals surface area contributed by atoms with E-state index in [9.17, 15) is 9.59 Å². The van der Waals surface area contributed by atoms with E-state index in [0.717, 1.165) is 31.4 Å². The molecule has 6 heteroatoms. The molecule has 2 aromatic rings. The maximum atomic E-state index is 13.3. The van der Waals surface area contributed by atoms with Gasteiger partial charge in [-0.2, -0.15) is 0 Å². The number of carbonyl (C=O) groups is 2. The van der Waals surface area contributed by atoms with Gasteiger partial charge >= 0.3 is 0 Å². The largest absolute Gasteiger partial charge is 0.497 e. The molecule has 2 aliphatic heterocycles. The van der Waals surface area contributed by atoms with Gasteiger partial charge in [0.05, 0.1) is 12.5 Å². The Morgan fingerprint density at radius 3 is 2.83 bits per heavy atom. The molecular weight excluding hydrogens is 378 g/mol. The Bertz CT molecular complexity index is 917. The van der Waals surface area contributed by atoms with Crippen molar-refractivity contribution in [1.29, 1.82) is 0 Å². The molecule has 30 heavy (non-hydrogen) atoms. The van der Waals surface area contributed by atoms with Crippen molar-refractivity contribution in [3.05, 3.63) is 59.9 Å². The number of fused-ring (bicyclic) bond motifs is 2. The van der Waals surface area contributed by atoms with Crippen LogP contribution in [0.1, 0.15) is 48.7 Å². The highest BCUT2D eigenvalue weighted by Gasteiger charge is 2.60. The van der Waals surface area contributed by atoms with Gasteiger partial charge in [0.1, 0.15) is 5.75 Å². The monoisotopic (exact) mass is 407 g/mol. The van der Waals surface area contributed by atoms with Gasteiger partial charge in [0.15, 0.2) is 0 Å². The molecule has 2 fully saturated rings. The summed E-state index contributed by atoms with van der Waals surface area (Å²) in [5.41, 5.74) is 1.07. The van der Waals surface area contributed by atoms with Gasteiger partial charge in [-0.05, 0) is 56.0 Å². The molecular formula is C24H29N3O3. The lowest BCUT2D eigenvalue weighted by molar-refractivity contribution is -0.132. The normalized spacial score (nSPS) is 24.7. The molecule has 158 valence electrons. The Hall–Kier alpha value is -2.89. The first-order valence-corrected chi connectivity index (χ1v) is 10.7. The van der Waals surface area contributed by atoms with E-state index >= 15 is 0 Å². The third-order valence-electron chi connectivity index (χ3n) is 6.77. The van der Waals surface area contributed by atoms with Crippen molar-refractivity contribution < 1.29 is 14.3 Å². The molecule has 2 amide bonds.